The molecule has 0 spiro atoms. The molecule has 0 aromatic carbocycles. The van der Waals surface area contributed by atoms with Gasteiger partial charge in [0.15, 0.2) is 0 Å². The topological polar surface area (TPSA) is 42.2 Å². The second kappa shape index (κ2) is 4.42. The van der Waals surface area contributed by atoms with Gasteiger partial charge in [-0.2, -0.15) is 0 Å². The Kier molecular flexibility index (Phi) is 3.15. The minimum atomic E-state index is 0.234. The largest absolute Gasteiger partial charge is 0.351 e. The van der Waals surface area contributed by atoms with E-state index in [-0.39, 0.29) is 5.54 Å². The Bertz CT molecular complexity index is 360. The van der Waals surface area contributed by atoms with E-state index >= 15 is 0 Å². The zero-order valence-electron chi connectivity index (χ0n) is 10.2. The van der Waals surface area contributed by atoms with Crippen LogP contribution >= 0.6 is 0 Å². The third kappa shape index (κ3) is 2.05. The molecule has 0 amide bonds. The second-order valence-electron chi connectivity index (χ2n) is 5.09. The highest BCUT2D eigenvalue weighted by atomic mass is 15.3. The van der Waals surface area contributed by atoms with Crippen molar-refractivity contribution in [3.8, 4) is 0 Å². The van der Waals surface area contributed by atoms with Gasteiger partial charge in [-0.15, -0.1) is 0 Å². The molecule has 2 N–H and O–H groups in total. The molecule has 1 aromatic heterocycles. The van der Waals surface area contributed by atoms with Gasteiger partial charge in [0.25, 0.3) is 0 Å². The number of nitrogens with two attached hydrogens (primary N) is 1. The van der Waals surface area contributed by atoms with Gasteiger partial charge in [0, 0.05) is 18.3 Å². The van der Waals surface area contributed by atoms with Crippen LogP contribution in [0.25, 0.3) is 0 Å². The van der Waals surface area contributed by atoms with E-state index in [0.29, 0.717) is 6.54 Å². The SMILES string of the molecule is CC1(C)CCCN1c1ncccc1CCN. The molecule has 1 saturated heterocycles. The number of pyridine rings is 1. The third-order valence-corrected chi connectivity index (χ3v) is 3.44. The van der Waals surface area contributed by atoms with Gasteiger partial charge in [0.05, 0.1) is 0 Å². The highest BCUT2D eigenvalue weighted by Crippen LogP contribution is 2.34. The molecule has 1 aromatic rings. The molecular weight excluding hydrogens is 198 g/mol. The van der Waals surface area contributed by atoms with E-state index in [4.69, 9.17) is 5.73 Å². The van der Waals surface area contributed by atoms with Gasteiger partial charge >= 0.3 is 0 Å². The third-order valence-electron chi connectivity index (χ3n) is 3.44. The van der Waals surface area contributed by atoms with Crippen molar-refractivity contribution in [1.82, 2.24) is 4.98 Å². The molecule has 88 valence electrons. The Morgan fingerprint density at radius 3 is 2.94 bits per heavy atom. The summed E-state index contributed by atoms with van der Waals surface area (Å²) in [6.07, 6.45) is 5.29. The van der Waals surface area contributed by atoms with Gasteiger partial charge in [-0.3, -0.25) is 0 Å². The molecule has 2 rings (SSSR count). The molecule has 2 heterocycles. The van der Waals surface area contributed by atoms with E-state index in [2.05, 4.69) is 29.8 Å². The van der Waals surface area contributed by atoms with Crippen LogP contribution in [0.2, 0.25) is 0 Å². The van der Waals surface area contributed by atoms with Crippen molar-refractivity contribution in [2.24, 2.45) is 5.73 Å². The van der Waals surface area contributed by atoms with Gasteiger partial charge in [0.2, 0.25) is 0 Å². The summed E-state index contributed by atoms with van der Waals surface area (Å²) in [5.41, 5.74) is 7.16. The lowest BCUT2D eigenvalue weighted by atomic mass is 10.0. The summed E-state index contributed by atoms with van der Waals surface area (Å²) in [5, 5.41) is 0. The molecule has 0 atom stereocenters. The van der Waals surface area contributed by atoms with Crippen LogP contribution in [0.5, 0.6) is 0 Å². The average molecular weight is 219 g/mol. The van der Waals surface area contributed by atoms with Crippen molar-refractivity contribution in [1.29, 1.82) is 0 Å². The highest BCUT2D eigenvalue weighted by Gasteiger charge is 2.33. The Morgan fingerprint density at radius 2 is 2.31 bits per heavy atom. The standard InChI is InChI=1S/C13H21N3/c1-13(2)7-4-10-16(13)12-11(6-8-14)5-3-9-15-12/h3,5,9H,4,6-8,10,14H2,1-2H3. The normalized spacial score (nSPS) is 19.1. The maximum atomic E-state index is 5.65. The zero-order valence-corrected chi connectivity index (χ0v) is 10.2. The highest BCUT2D eigenvalue weighted by molar-refractivity contribution is 5.50. The number of hydrogen-bond acceptors (Lipinski definition) is 3. The fourth-order valence-corrected chi connectivity index (χ4v) is 2.52. The van der Waals surface area contributed by atoms with E-state index in [0.717, 1.165) is 18.8 Å². The van der Waals surface area contributed by atoms with Gasteiger partial charge in [-0.25, -0.2) is 4.98 Å². The fourth-order valence-electron chi connectivity index (χ4n) is 2.52. The van der Waals surface area contributed by atoms with Crippen molar-refractivity contribution >= 4 is 5.82 Å². The lowest BCUT2D eigenvalue weighted by molar-refractivity contribution is 0.513. The van der Waals surface area contributed by atoms with Crippen LogP contribution in [0.4, 0.5) is 5.82 Å². The average Bonchev–Trinajstić information content (AvgIpc) is 2.59. The Morgan fingerprint density at radius 1 is 1.50 bits per heavy atom. The smallest absolute Gasteiger partial charge is 0.132 e. The lowest BCUT2D eigenvalue weighted by Gasteiger charge is -2.34. The second-order valence-corrected chi connectivity index (χ2v) is 5.09. The predicted molar refractivity (Wildman–Crippen MR) is 67.7 cm³/mol. The monoisotopic (exact) mass is 219 g/mol. The summed E-state index contributed by atoms with van der Waals surface area (Å²) >= 11 is 0. The van der Waals surface area contributed by atoms with Crippen molar-refractivity contribution in [3.63, 3.8) is 0 Å². The van der Waals surface area contributed by atoms with Crippen LogP contribution in [0.15, 0.2) is 18.3 Å². The molecule has 3 heteroatoms. The van der Waals surface area contributed by atoms with Crippen LogP contribution in [-0.2, 0) is 6.42 Å². The molecule has 0 aliphatic carbocycles. The number of rotatable bonds is 3. The molecule has 0 radical (unpaired) electrons. The zero-order chi connectivity index (χ0) is 11.6. The quantitative estimate of drug-likeness (QED) is 0.845. The van der Waals surface area contributed by atoms with E-state index in [9.17, 15) is 0 Å². The van der Waals surface area contributed by atoms with E-state index in [1.807, 2.05) is 12.3 Å². The minimum Gasteiger partial charge on any atom is -0.351 e. The molecule has 3 nitrogen and oxygen atoms in total. The molecule has 0 saturated carbocycles. The summed E-state index contributed by atoms with van der Waals surface area (Å²) in [7, 11) is 0. The Hall–Kier alpha value is -1.09. The first-order valence-corrected chi connectivity index (χ1v) is 6.07. The van der Waals surface area contributed by atoms with E-state index in [1.54, 1.807) is 0 Å². The Balaban J connectivity index is 2.32. The van der Waals surface area contributed by atoms with Gasteiger partial charge < -0.3 is 10.6 Å². The van der Waals surface area contributed by atoms with Crippen LogP contribution in [0, 0.1) is 0 Å². The van der Waals surface area contributed by atoms with Crippen LogP contribution in [0.3, 0.4) is 0 Å². The first-order valence-electron chi connectivity index (χ1n) is 6.07. The van der Waals surface area contributed by atoms with Gasteiger partial charge in [-0.1, -0.05) is 6.07 Å². The van der Waals surface area contributed by atoms with Crippen molar-refractivity contribution in [2.75, 3.05) is 18.0 Å². The molecule has 1 aliphatic heterocycles. The summed E-state index contributed by atoms with van der Waals surface area (Å²) < 4.78 is 0. The first-order chi connectivity index (χ1) is 7.65. The summed E-state index contributed by atoms with van der Waals surface area (Å²) in [5.74, 6) is 1.13. The lowest BCUT2D eigenvalue weighted by Crippen LogP contribution is -2.39. The van der Waals surface area contributed by atoms with Crippen molar-refractivity contribution in [2.45, 2.75) is 38.6 Å². The molecule has 1 fully saturated rings. The van der Waals surface area contributed by atoms with E-state index in [1.165, 1.54) is 18.4 Å². The number of anilines is 1. The van der Waals surface area contributed by atoms with Crippen molar-refractivity contribution in [3.05, 3.63) is 23.9 Å². The molecular formula is C13H21N3. The molecule has 0 bridgehead atoms. The Labute approximate surface area is 97.7 Å². The minimum absolute atomic E-state index is 0.234. The predicted octanol–water partition coefficient (Wildman–Crippen LogP) is 1.96. The molecule has 16 heavy (non-hydrogen) atoms. The van der Waals surface area contributed by atoms with Crippen LogP contribution in [-0.4, -0.2) is 23.6 Å². The van der Waals surface area contributed by atoms with Crippen molar-refractivity contribution < 1.29 is 0 Å². The maximum absolute atomic E-state index is 5.65. The summed E-state index contributed by atoms with van der Waals surface area (Å²) in [6, 6.07) is 4.14. The van der Waals surface area contributed by atoms with Gasteiger partial charge in [0.1, 0.15) is 5.82 Å². The molecule has 1 aliphatic rings. The van der Waals surface area contributed by atoms with E-state index < -0.39 is 0 Å². The number of aromatic nitrogens is 1. The van der Waals surface area contributed by atoms with Gasteiger partial charge in [-0.05, 0) is 51.3 Å². The fraction of sp³-hybridized carbons (Fsp3) is 0.615. The summed E-state index contributed by atoms with van der Waals surface area (Å²) in [6.45, 7) is 6.39. The van der Waals surface area contributed by atoms with Crippen LogP contribution < -0.4 is 10.6 Å². The van der Waals surface area contributed by atoms with Crippen LogP contribution in [0.1, 0.15) is 32.3 Å². The molecule has 0 unspecified atom stereocenters. The number of nitrogens with zero attached hydrogens (tertiary/aromatic N) is 2. The first kappa shape index (κ1) is 11.4. The summed E-state index contributed by atoms with van der Waals surface area (Å²) in [4.78, 5) is 6.97. The maximum Gasteiger partial charge on any atom is 0.132 e. The number of hydrogen-bond donors (Lipinski definition) is 1.